The fourth-order valence-corrected chi connectivity index (χ4v) is 4.09. The van der Waals surface area contributed by atoms with Crippen LogP contribution >= 0.6 is 0 Å². The van der Waals surface area contributed by atoms with Gasteiger partial charge in [-0.1, -0.05) is 12.1 Å². The number of pyridine rings is 1. The van der Waals surface area contributed by atoms with Gasteiger partial charge in [-0.25, -0.2) is 4.98 Å². The molecule has 0 unspecified atom stereocenters. The van der Waals surface area contributed by atoms with Crippen LogP contribution in [-0.2, 0) is 17.6 Å². The third-order valence-electron chi connectivity index (χ3n) is 5.72. The van der Waals surface area contributed by atoms with Crippen molar-refractivity contribution in [2.45, 2.75) is 51.2 Å². The summed E-state index contributed by atoms with van der Waals surface area (Å²) in [4.78, 5) is 18.4. The summed E-state index contributed by atoms with van der Waals surface area (Å²) in [5, 5.41) is 3.07. The van der Waals surface area contributed by atoms with Gasteiger partial charge in [0.1, 0.15) is 6.10 Å². The Bertz CT molecular complexity index is 857. The molecule has 0 aliphatic heterocycles. The Kier molecular flexibility index (Phi) is 4.87. The van der Waals surface area contributed by atoms with E-state index in [1.807, 2.05) is 12.1 Å². The first-order chi connectivity index (χ1) is 13.0. The Hall–Kier alpha value is -2.40. The Balaban J connectivity index is 1.60. The van der Waals surface area contributed by atoms with Gasteiger partial charge >= 0.3 is 0 Å². The molecular weight excluding hydrogens is 338 g/mol. The summed E-state index contributed by atoms with van der Waals surface area (Å²) in [5.74, 6) is 0.621. The van der Waals surface area contributed by atoms with Gasteiger partial charge in [0.15, 0.2) is 0 Å². The Morgan fingerprint density at radius 3 is 2.78 bits per heavy atom. The average Bonchev–Trinajstić information content (AvgIpc) is 3.06. The Labute approximate surface area is 160 Å². The molecule has 1 heterocycles. The van der Waals surface area contributed by atoms with Gasteiger partial charge in [0.2, 0.25) is 11.8 Å². The third-order valence-corrected chi connectivity index (χ3v) is 5.72. The number of aryl methyl sites for hydroxylation is 1. The lowest BCUT2D eigenvalue weighted by Gasteiger charge is -2.39. The molecule has 2 aliphatic rings. The smallest absolute Gasteiger partial charge is 0.221 e. The number of hydrogen-bond donors (Lipinski definition) is 1. The first-order valence-corrected chi connectivity index (χ1v) is 9.73. The molecule has 5 nitrogen and oxygen atoms in total. The predicted molar refractivity (Wildman–Crippen MR) is 107 cm³/mol. The number of amides is 1. The molecule has 0 atom stereocenters. The predicted octanol–water partition coefficient (Wildman–Crippen LogP) is 3.67. The molecule has 142 valence electrons. The zero-order chi connectivity index (χ0) is 19.0. The molecule has 27 heavy (non-hydrogen) atoms. The zero-order valence-electron chi connectivity index (χ0n) is 16.3. The number of carbonyl (C=O) groups excluding carboxylic acids is 1. The lowest BCUT2D eigenvalue weighted by molar-refractivity contribution is -0.114. The summed E-state index contributed by atoms with van der Waals surface area (Å²) in [6.07, 6.45) is 7.34. The molecule has 1 amide bonds. The van der Waals surface area contributed by atoms with E-state index in [0.717, 1.165) is 48.9 Å². The molecule has 1 aromatic carbocycles. The van der Waals surface area contributed by atoms with Gasteiger partial charge in [-0.2, -0.15) is 0 Å². The first kappa shape index (κ1) is 18.0. The van der Waals surface area contributed by atoms with Gasteiger partial charge in [0.05, 0.1) is 5.69 Å². The van der Waals surface area contributed by atoms with Crippen LogP contribution < -0.4 is 10.1 Å². The van der Waals surface area contributed by atoms with Crippen molar-refractivity contribution in [2.75, 3.05) is 19.4 Å². The van der Waals surface area contributed by atoms with Crippen LogP contribution in [0.15, 0.2) is 30.5 Å². The van der Waals surface area contributed by atoms with Crippen LogP contribution in [-0.4, -0.2) is 42.0 Å². The minimum atomic E-state index is -0.0359. The fraction of sp³-hybridized carbons (Fsp3) is 0.455. The highest BCUT2D eigenvalue weighted by Crippen LogP contribution is 2.38. The van der Waals surface area contributed by atoms with E-state index in [-0.39, 0.29) is 12.0 Å². The second kappa shape index (κ2) is 7.31. The summed E-state index contributed by atoms with van der Waals surface area (Å²) in [5.41, 5.74) is 5.64. The van der Waals surface area contributed by atoms with E-state index in [9.17, 15) is 4.79 Å². The number of anilines is 1. The number of rotatable bonds is 5. The summed E-state index contributed by atoms with van der Waals surface area (Å²) < 4.78 is 6.08. The quantitative estimate of drug-likeness (QED) is 0.878. The van der Waals surface area contributed by atoms with E-state index < -0.39 is 0 Å². The lowest BCUT2D eigenvalue weighted by atomic mass is 9.88. The molecule has 1 N–H and O–H groups in total. The minimum absolute atomic E-state index is 0.0359. The molecule has 0 bridgehead atoms. The Morgan fingerprint density at radius 2 is 2.04 bits per heavy atom. The Morgan fingerprint density at radius 1 is 1.22 bits per heavy atom. The van der Waals surface area contributed by atoms with E-state index in [1.54, 1.807) is 13.1 Å². The number of benzene rings is 1. The van der Waals surface area contributed by atoms with Crippen LogP contribution in [0.5, 0.6) is 5.88 Å². The van der Waals surface area contributed by atoms with E-state index in [4.69, 9.17) is 4.74 Å². The van der Waals surface area contributed by atoms with Crippen molar-refractivity contribution in [2.24, 2.45) is 0 Å². The van der Waals surface area contributed by atoms with E-state index in [0.29, 0.717) is 11.9 Å². The number of carbonyl (C=O) groups is 1. The molecule has 2 aromatic rings. The fourth-order valence-electron chi connectivity index (χ4n) is 4.09. The van der Waals surface area contributed by atoms with Crippen LogP contribution in [0.2, 0.25) is 0 Å². The van der Waals surface area contributed by atoms with Gasteiger partial charge in [0.25, 0.3) is 0 Å². The summed E-state index contributed by atoms with van der Waals surface area (Å²) in [6.45, 7) is 1.57. The SMILES string of the molecule is CC(=O)Nc1c(-c2ccnc(OC3CC(N(C)C)C3)c2)ccc2c1CCC2. The maximum absolute atomic E-state index is 11.8. The molecule has 1 saturated carbocycles. The molecule has 1 fully saturated rings. The maximum Gasteiger partial charge on any atom is 0.221 e. The zero-order valence-corrected chi connectivity index (χ0v) is 16.3. The van der Waals surface area contributed by atoms with Crippen LogP contribution in [0.25, 0.3) is 11.1 Å². The third kappa shape index (κ3) is 3.69. The highest BCUT2D eigenvalue weighted by Gasteiger charge is 2.32. The van der Waals surface area contributed by atoms with Crippen molar-refractivity contribution < 1.29 is 9.53 Å². The van der Waals surface area contributed by atoms with Crippen LogP contribution in [0.4, 0.5) is 5.69 Å². The van der Waals surface area contributed by atoms with Crippen LogP contribution in [0, 0.1) is 0 Å². The van der Waals surface area contributed by atoms with E-state index >= 15 is 0 Å². The van der Waals surface area contributed by atoms with Crippen molar-refractivity contribution in [3.63, 3.8) is 0 Å². The van der Waals surface area contributed by atoms with Crippen molar-refractivity contribution in [3.05, 3.63) is 41.6 Å². The molecule has 0 spiro atoms. The second-order valence-corrected chi connectivity index (χ2v) is 7.87. The van der Waals surface area contributed by atoms with Crippen LogP contribution in [0.3, 0.4) is 0 Å². The summed E-state index contributed by atoms with van der Waals surface area (Å²) >= 11 is 0. The minimum Gasteiger partial charge on any atom is -0.474 e. The van der Waals surface area contributed by atoms with Gasteiger partial charge in [-0.15, -0.1) is 0 Å². The maximum atomic E-state index is 11.8. The molecule has 2 aliphatic carbocycles. The number of hydrogen-bond acceptors (Lipinski definition) is 4. The van der Waals surface area contributed by atoms with Crippen LogP contribution in [0.1, 0.15) is 37.3 Å². The summed E-state index contributed by atoms with van der Waals surface area (Å²) in [6, 6.07) is 8.88. The molecule has 5 heteroatoms. The van der Waals surface area contributed by atoms with Crippen molar-refractivity contribution in [1.82, 2.24) is 9.88 Å². The summed E-state index contributed by atoms with van der Waals surface area (Å²) in [7, 11) is 4.22. The normalized spacial score (nSPS) is 20.9. The molecular formula is C22H27N3O2. The second-order valence-electron chi connectivity index (χ2n) is 7.87. The topological polar surface area (TPSA) is 54.5 Å². The monoisotopic (exact) mass is 365 g/mol. The van der Waals surface area contributed by atoms with Crippen molar-refractivity contribution >= 4 is 11.6 Å². The van der Waals surface area contributed by atoms with Gasteiger partial charge in [-0.3, -0.25) is 4.79 Å². The largest absolute Gasteiger partial charge is 0.474 e. The van der Waals surface area contributed by atoms with Crippen molar-refractivity contribution in [1.29, 1.82) is 0 Å². The highest BCUT2D eigenvalue weighted by molar-refractivity contribution is 5.96. The number of fused-ring (bicyclic) bond motifs is 1. The average molecular weight is 365 g/mol. The molecule has 1 aromatic heterocycles. The van der Waals surface area contributed by atoms with Crippen molar-refractivity contribution in [3.8, 4) is 17.0 Å². The standard InChI is InChI=1S/C22H27N3O2/c1-14(26)24-22-19-6-4-5-15(19)7-8-20(22)16-9-10-23-21(11-16)27-18-12-17(13-18)25(2)3/h7-11,17-18H,4-6,12-13H2,1-3H3,(H,24,26). The van der Waals surface area contributed by atoms with Gasteiger partial charge in [0, 0.05) is 43.6 Å². The van der Waals surface area contributed by atoms with Gasteiger partial charge in [-0.05, 0) is 56.1 Å². The lowest BCUT2D eigenvalue weighted by Crippen LogP contribution is -2.46. The number of ether oxygens (including phenoxy) is 1. The molecule has 0 radical (unpaired) electrons. The van der Waals surface area contributed by atoms with E-state index in [2.05, 4.69) is 41.4 Å². The molecule has 4 rings (SSSR count). The highest BCUT2D eigenvalue weighted by atomic mass is 16.5. The van der Waals surface area contributed by atoms with E-state index in [1.165, 1.54) is 11.1 Å². The molecule has 0 saturated heterocycles. The number of nitrogens with one attached hydrogen (secondary N) is 1. The number of aromatic nitrogens is 1. The number of nitrogens with zero attached hydrogens (tertiary/aromatic N) is 2. The first-order valence-electron chi connectivity index (χ1n) is 9.73. The van der Waals surface area contributed by atoms with Gasteiger partial charge < -0.3 is 15.0 Å².